The minimum absolute atomic E-state index is 0.116. The predicted octanol–water partition coefficient (Wildman–Crippen LogP) is 2.81. The lowest BCUT2D eigenvalue weighted by atomic mass is 10.2. The number of nitrogens with two attached hydrogens (primary N) is 1. The Morgan fingerprint density at radius 3 is 2.81 bits per heavy atom. The van der Waals surface area contributed by atoms with E-state index in [0.717, 1.165) is 0 Å². The van der Waals surface area contributed by atoms with E-state index in [1.165, 1.54) is 29.5 Å². The highest BCUT2D eigenvalue weighted by Gasteiger charge is 2.13. The van der Waals surface area contributed by atoms with Gasteiger partial charge in [0.05, 0.1) is 11.4 Å². The summed E-state index contributed by atoms with van der Waals surface area (Å²) in [5.41, 5.74) is 6.83. The van der Waals surface area contributed by atoms with Gasteiger partial charge in [-0.15, -0.1) is 11.3 Å². The third kappa shape index (κ3) is 3.99. The number of nitrogens with zero attached hydrogens (tertiary/aromatic N) is 1. The van der Waals surface area contributed by atoms with Crippen molar-refractivity contribution in [1.29, 1.82) is 0 Å². The van der Waals surface area contributed by atoms with E-state index in [4.69, 9.17) is 5.73 Å². The number of aromatic nitrogens is 1. The number of benzene rings is 1. The number of carbonyl (C=O) groups excluding carboxylic acids is 1. The van der Waals surface area contributed by atoms with E-state index in [0.29, 0.717) is 28.6 Å². The zero-order valence-electron chi connectivity index (χ0n) is 11.8. The second kappa shape index (κ2) is 6.64. The van der Waals surface area contributed by atoms with Crippen LogP contribution in [-0.2, 0) is 6.54 Å². The fourth-order valence-corrected chi connectivity index (χ4v) is 2.41. The van der Waals surface area contributed by atoms with Gasteiger partial charge in [-0.1, -0.05) is 0 Å². The van der Waals surface area contributed by atoms with Gasteiger partial charge in [0, 0.05) is 18.0 Å². The van der Waals surface area contributed by atoms with Crippen LogP contribution in [-0.4, -0.2) is 16.9 Å². The van der Waals surface area contributed by atoms with Gasteiger partial charge < -0.3 is 16.4 Å². The Balaban J connectivity index is 2.20. The van der Waals surface area contributed by atoms with Crippen molar-refractivity contribution < 1.29 is 9.18 Å². The third-order valence-electron chi connectivity index (χ3n) is 2.63. The van der Waals surface area contributed by atoms with Crippen LogP contribution in [0.1, 0.15) is 29.3 Å². The maximum atomic E-state index is 13.3. The zero-order chi connectivity index (χ0) is 15.4. The fourth-order valence-electron chi connectivity index (χ4n) is 1.75. The monoisotopic (exact) mass is 308 g/mol. The third-order valence-corrected chi connectivity index (χ3v) is 3.50. The summed E-state index contributed by atoms with van der Waals surface area (Å²) >= 11 is 1.33. The molecule has 4 N–H and O–H groups in total. The van der Waals surface area contributed by atoms with E-state index in [2.05, 4.69) is 15.6 Å². The van der Waals surface area contributed by atoms with E-state index in [-0.39, 0.29) is 17.8 Å². The first-order chi connectivity index (χ1) is 9.99. The molecular weight excluding hydrogens is 291 g/mol. The molecule has 0 radical (unpaired) electrons. The molecule has 1 amide bonds. The van der Waals surface area contributed by atoms with Gasteiger partial charge >= 0.3 is 0 Å². The van der Waals surface area contributed by atoms with Gasteiger partial charge in [-0.25, -0.2) is 9.37 Å². The molecule has 5 nitrogen and oxygen atoms in total. The van der Waals surface area contributed by atoms with Crippen molar-refractivity contribution in [1.82, 2.24) is 4.98 Å². The number of thiazole rings is 1. The SMILES string of the molecule is CC(C)Nc1cc(F)ccc1NC(=O)c1csc(CN)n1. The minimum Gasteiger partial charge on any atom is -0.381 e. The maximum Gasteiger partial charge on any atom is 0.275 e. The molecule has 1 aromatic heterocycles. The second-order valence-electron chi connectivity index (χ2n) is 4.77. The number of rotatable bonds is 5. The highest BCUT2D eigenvalue weighted by molar-refractivity contribution is 7.09. The average Bonchev–Trinajstić information content (AvgIpc) is 2.90. The lowest BCUT2D eigenvalue weighted by molar-refractivity contribution is 0.102. The summed E-state index contributed by atoms with van der Waals surface area (Å²) in [7, 11) is 0. The molecule has 0 saturated heterocycles. The largest absolute Gasteiger partial charge is 0.381 e. The maximum absolute atomic E-state index is 13.3. The van der Waals surface area contributed by atoms with Crippen molar-refractivity contribution in [3.63, 3.8) is 0 Å². The van der Waals surface area contributed by atoms with Gasteiger partial charge in [-0.2, -0.15) is 0 Å². The molecule has 1 heterocycles. The first kappa shape index (κ1) is 15.4. The van der Waals surface area contributed by atoms with E-state index in [1.807, 2.05) is 13.8 Å². The van der Waals surface area contributed by atoms with Gasteiger partial charge in [0.2, 0.25) is 0 Å². The van der Waals surface area contributed by atoms with Crippen LogP contribution in [0, 0.1) is 5.82 Å². The Bertz CT molecular complexity index is 642. The lowest BCUT2D eigenvalue weighted by Crippen LogP contribution is -2.16. The van der Waals surface area contributed by atoms with Crippen LogP contribution in [0.15, 0.2) is 23.6 Å². The number of hydrogen-bond acceptors (Lipinski definition) is 5. The summed E-state index contributed by atoms with van der Waals surface area (Å²) < 4.78 is 13.3. The molecule has 7 heteroatoms. The predicted molar refractivity (Wildman–Crippen MR) is 83.1 cm³/mol. The molecule has 1 aromatic carbocycles. The summed E-state index contributed by atoms with van der Waals surface area (Å²) in [5, 5.41) is 8.17. The zero-order valence-corrected chi connectivity index (χ0v) is 12.6. The van der Waals surface area contributed by atoms with Crippen molar-refractivity contribution in [2.24, 2.45) is 5.73 Å². The van der Waals surface area contributed by atoms with Gasteiger partial charge in [0.1, 0.15) is 16.5 Å². The summed E-state index contributed by atoms with van der Waals surface area (Å²) in [6.45, 7) is 4.17. The van der Waals surface area contributed by atoms with E-state index < -0.39 is 0 Å². The summed E-state index contributed by atoms with van der Waals surface area (Å²) in [4.78, 5) is 16.3. The number of hydrogen-bond donors (Lipinski definition) is 3. The van der Waals surface area contributed by atoms with Crippen LogP contribution in [0.2, 0.25) is 0 Å². The highest BCUT2D eigenvalue weighted by atomic mass is 32.1. The number of anilines is 2. The first-order valence-corrected chi connectivity index (χ1v) is 7.39. The molecule has 0 unspecified atom stereocenters. The smallest absolute Gasteiger partial charge is 0.275 e. The average molecular weight is 308 g/mol. The van der Waals surface area contributed by atoms with Gasteiger partial charge in [-0.05, 0) is 32.0 Å². The van der Waals surface area contributed by atoms with Crippen LogP contribution in [0.25, 0.3) is 0 Å². The van der Waals surface area contributed by atoms with Crippen LogP contribution >= 0.6 is 11.3 Å². The normalized spacial score (nSPS) is 10.7. The number of carbonyl (C=O) groups is 1. The van der Waals surface area contributed by atoms with E-state index in [9.17, 15) is 9.18 Å². The highest BCUT2D eigenvalue weighted by Crippen LogP contribution is 2.24. The lowest BCUT2D eigenvalue weighted by Gasteiger charge is -2.15. The fraction of sp³-hybridized carbons (Fsp3) is 0.286. The van der Waals surface area contributed by atoms with E-state index >= 15 is 0 Å². The molecule has 2 aromatic rings. The Hall–Kier alpha value is -1.99. The Morgan fingerprint density at radius 2 is 2.19 bits per heavy atom. The molecule has 0 aliphatic rings. The van der Waals surface area contributed by atoms with E-state index in [1.54, 1.807) is 5.38 Å². The number of amides is 1. The van der Waals surface area contributed by atoms with Gasteiger partial charge in [0.25, 0.3) is 5.91 Å². The van der Waals surface area contributed by atoms with Crippen LogP contribution in [0.3, 0.4) is 0 Å². The van der Waals surface area contributed by atoms with Crippen LogP contribution in [0.4, 0.5) is 15.8 Å². The molecule has 0 spiro atoms. The molecule has 0 aliphatic carbocycles. The Kier molecular flexibility index (Phi) is 4.87. The van der Waals surface area contributed by atoms with Crippen LogP contribution in [0.5, 0.6) is 0 Å². The molecule has 0 aliphatic heterocycles. The molecule has 0 bridgehead atoms. The number of nitrogens with one attached hydrogen (secondary N) is 2. The Morgan fingerprint density at radius 1 is 1.43 bits per heavy atom. The summed E-state index contributed by atoms with van der Waals surface area (Å²) in [5.74, 6) is -0.709. The molecule has 0 atom stereocenters. The van der Waals surface area contributed by atoms with Crippen molar-refractivity contribution in [2.75, 3.05) is 10.6 Å². The quantitative estimate of drug-likeness (QED) is 0.793. The summed E-state index contributed by atoms with van der Waals surface area (Å²) in [6, 6.07) is 4.29. The summed E-state index contributed by atoms with van der Waals surface area (Å²) in [6.07, 6.45) is 0. The second-order valence-corrected chi connectivity index (χ2v) is 5.72. The topological polar surface area (TPSA) is 80.0 Å². The van der Waals surface area contributed by atoms with Crippen molar-refractivity contribution in [3.8, 4) is 0 Å². The standard InChI is InChI=1S/C14H17FN4OS/c1-8(2)17-11-5-9(15)3-4-10(11)19-14(20)12-7-21-13(6-16)18-12/h3-5,7-8,17H,6,16H2,1-2H3,(H,19,20). The number of halogens is 1. The van der Waals surface area contributed by atoms with Crippen molar-refractivity contribution in [2.45, 2.75) is 26.4 Å². The first-order valence-electron chi connectivity index (χ1n) is 6.51. The molecule has 21 heavy (non-hydrogen) atoms. The molecule has 0 saturated carbocycles. The Labute approximate surface area is 126 Å². The van der Waals surface area contributed by atoms with Crippen LogP contribution < -0.4 is 16.4 Å². The van der Waals surface area contributed by atoms with Crippen molar-refractivity contribution >= 4 is 28.6 Å². The molecular formula is C14H17FN4OS. The van der Waals surface area contributed by atoms with Gasteiger partial charge in [-0.3, -0.25) is 4.79 Å². The van der Waals surface area contributed by atoms with Gasteiger partial charge in [0.15, 0.2) is 0 Å². The molecule has 0 fully saturated rings. The minimum atomic E-state index is -0.366. The van der Waals surface area contributed by atoms with Crippen molar-refractivity contribution in [3.05, 3.63) is 40.1 Å². The molecule has 112 valence electrons. The molecule has 2 rings (SSSR count).